The highest BCUT2D eigenvalue weighted by atomic mass is 35.5. The highest BCUT2D eigenvalue weighted by molar-refractivity contribution is 6.30. The summed E-state index contributed by atoms with van der Waals surface area (Å²) in [5.41, 5.74) is 2.11. The lowest BCUT2D eigenvalue weighted by Gasteiger charge is -2.02. The van der Waals surface area contributed by atoms with Crippen LogP contribution in [0.15, 0.2) is 36.5 Å². The summed E-state index contributed by atoms with van der Waals surface area (Å²) in [5, 5.41) is 9.56. The zero-order valence-electron chi connectivity index (χ0n) is 7.61. The lowest BCUT2D eigenvalue weighted by molar-refractivity contribution is 1.26. The van der Waals surface area contributed by atoms with Gasteiger partial charge in [0.1, 0.15) is 6.07 Å². The van der Waals surface area contributed by atoms with Crippen molar-refractivity contribution in [1.82, 2.24) is 4.09 Å². The summed E-state index contributed by atoms with van der Waals surface area (Å²) in [6.07, 6.45) is 1.64. The van der Waals surface area contributed by atoms with Gasteiger partial charge in [0.05, 0.1) is 11.3 Å². The van der Waals surface area contributed by atoms with Crippen LogP contribution in [0, 0.1) is 11.3 Å². The van der Waals surface area contributed by atoms with Crippen LogP contribution in [-0.2, 0) is 0 Å². The second-order valence-electron chi connectivity index (χ2n) is 3.01. The molecule has 0 saturated heterocycles. The summed E-state index contributed by atoms with van der Waals surface area (Å²) in [4.78, 5) is 0. The number of hydrogen-bond donors (Lipinski definition) is 0. The van der Waals surface area contributed by atoms with Crippen molar-refractivity contribution >= 4 is 23.4 Å². The van der Waals surface area contributed by atoms with E-state index in [0.717, 1.165) is 5.56 Å². The molecule has 0 saturated carbocycles. The third-order valence-electron chi connectivity index (χ3n) is 2.08. The Morgan fingerprint density at radius 3 is 2.40 bits per heavy atom. The van der Waals surface area contributed by atoms with E-state index in [1.54, 1.807) is 24.4 Å². The molecule has 0 amide bonds. The molecule has 2 aromatic rings. The molecule has 2 nitrogen and oxygen atoms in total. The zero-order valence-corrected chi connectivity index (χ0v) is 9.13. The summed E-state index contributed by atoms with van der Waals surface area (Å²) in [5.74, 6) is 0. The average molecular weight is 237 g/mol. The van der Waals surface area contributed by atoms with Crippen LogP contribution >= 0.6 is 23.4 Å². The summed E-state index contributed by atoms with van der Waals surface area (Å²) < 4.78 is 1.40. The normalized spacial score (nSPS) is 9.93. The minimum absolute atomic E-state index is 0.548. The number of aromatic nitrogens is 1. The van der Waals surface area contributed by atoms with Crippen LogP contribution in [0.5, 0.6) is 0 Å². The van der Waals surface area contributed by atoms with Gasteiger partial charge in [-0.2, -0.15) is 5.26 Å². The summed E-state index contributed by atoms with van der Waals surface area (Å²) >= 11 is 11.7. The van der Waals surface area contributed by atoms with Gasteiger partial charge in [-0.3, -0.25) is 4.09 Å². The van der Waals surface area contributed by atoms with Crippen LogP contribution in [-0.4, -0.2) is 4.09 Å². The first-order valence-electron chi connectivity index (χ1n) is 4.26. The molecule has 0 unspecified atom stereocenters. The minimum atomic E-state index is 0.548. The summed E-state index contributed by atoms with van der Waals surface area (Å²) in [6, 6.07) is 11.0. The van der Waals surface area contributed by atoms with Crippen LogP contribution in [0.4, 0.5) is 0 Å². The molecule has 74 valence electrons. The molecule has 2 rings (SSSR count). The van der Waals surface area contributed by atoms with Gasteiger partial charge < -0.3 is 0 Å². The Labute approximate surface area is 97.4 Å². The Bertz CT molecular complexity index is 521. The highest BCUT2D eigenvalue weighted by Gasteiger charge is 2.09. The largest absolute Gasteiger partial charge is 0.259 e. The van der Waals surface area contributed by atoms with Gasteiger partial charge in [0.25, 0.3) is 0 Å². The molecule has 4 heteroatoms. The Kier molecular flexibility index (Phi) is 2.68. The molecule has 0 aliphatic carbocycles. The number of halogens is 2. The minimum Gasteiger partial charge on any atom is -0.259 e. The fourth-order valence-electron chi connectivity index (χ4n) is 1.39. The quantitative estimate of drug-likeness (QED) is 0.743. The number of nitrogens with zero attached hydrogens (tertiary/aromatic N) is 2. The molecule has 0 N–H and O–H groups in total. The van der Waals surface area contributed by atoms with E-state index >= 15 is 0 Å². The standard InChI is InChI=1S/C11H6Cl2N2/c12-10-3-1-8(2-4-10)11-9(7-14)5-6-15(11)13/h1-6H. The molecule has 0 aliphatic heterocycles. The van der Waals surface area contributed by atoms with Crippen molar-refractivity contribution in [3.63, 3.8) is 0 Å². The van der Waals surface area contributed by atoms with Crippen molar-refractivity contribution in [1.29, 1.82) is 5.26 Å². The van der Waals surface area contributed by atoms with E-state index in [1.807, 2.05) is 12.1 Å². The van der Waals surface area contributed by atoms with Crippen molar-refractivity contribution in [2.45, 2.75) is 0 Å². The van der Waals surface area contributed by atoms with E-state index in [0.29, 0.717) is 16.3 Å². The van der Waals surface area contributed by atoms with Crippen molar-refractivity contribution in [2.75, 3.05) is 0 Å². The van der Waals surface area contributed by atoms with Crippen molar-refractivity contribution in [2.24, 2.45) is 0 Å². The van der Waals surface area contributed by atoms with Crippen molar-refractivity contribution in [3.8, 4) is 17.3 Å². The first kappa shape index (κ1) is 10.1. The topological polar surface area (TPSA) is 28.7 Å². The van der Waals surface area contributed by atoms with Gasteiger partial charge >= 0.3 is 0 Å². The molecule has 0 atom stereocenters. The van der Waals surface area contributed by atoms with Gasteiger partial charge in [0.15, 0.2) is 0 Å². The van der Waals surface area contributed by atoms with Crippen LogP contribution in [0.3, 0.4) is 0 Å². The Morgan fingerprint density at radius 1 is 1.13 bits per heavy atom. The molecule has 0 spiro atoms. The van der Waals surface area contributed by atoms with Crippen molar-refractivity contribution in [3.05, 3.63) is 47.1 Å². The zero-order chi connectivity index (χ0) is 10.8. The third kappa shape index (κ3) is 1.85. The molecule has 0 radical (unpaired) electrons. The smallest absolute Gasteiger partial charge is 0.101 e. The lowest BCUT2D eigenvalue weighted by atomic mass is 10.1. The van der Waals surface area contributed by atoms with Gasteiger partial charge in [-0.1, -0.05) is 23.7 Å². The van der Waals surface area contributed by atoms with Crippen LogP contribution in [0.25, 0.3) is 11.3 Å². The van der Waals surface area contributed by atoms with Crippen LogP contribution < -0.4 is 0 Å². The fraction of sp³-hybridized carbons (Fsp3) is 0. The van der Waals surface area contributed by atoms with Gasteiger partial charge in [-0.25, -0.2) is 0 Å². The molecule has 0 bridgehead atoms. The predicted octanol–water partition coefficient (Wildman–Crippen LogP) is 3.68. The molecule has 1 aromatic heterocycles. The number of rotatable bonds is 1. The van der Waals surface area contributed by atoms with Crippen LogP contribution in [0.1, 0.15) is 5.56 Å². The SMILES string of the molecule is N#Cc1ccn(Cl)c1-c1ccc(Cl)cc1. The van der Waals surface area contributed by atoms with E-state index in [9.17, 15) is 0 Å². The van der Waals surface area contributed by atoms with E-state index in [4.69, 9.17) is 28.6 Å². The van der Waals surface area contributed by atoms with Crippen molar-refractivity contribution < 1.29 is 0 Å². The summed E-state index contributed by atoms with van der Waals surface area (Å²) in [6.45, 7) is 0. The van der Waals surface area contributed by atoms with Gasteiger partial charge in [0.2, 0.25) is 0 Å². The Hall–Kier alpha value is -1.43. The van der Waals surface area contributed by atoms with E-state index in [1.165, 1.54) is 4.09 Å². The van der Waals surface area contributed by atoms with E-state index in [-0.39, 0.29) is 0 Å². The maximum absolute atomic E-state index is 8.90. The maximum Gasteiger partial charge on any atom is 0.101 e. The first-order chi connectivity index (χ1) is 7.22. The molecule has 1 aromatic carbocycles. The second kappa shape index (κ2) is 3.98. The molecule has 15 heavy (non-hydrogen) atoms. The van der Waals surface area contributed by atoms with E-state index < -0.39 is 0 Å². The second-order valence-corrected chi connectivity index (χ2v) is 3.81. The average Bonchev–Trinajstić information content (AvgIpc) is 2.61. The van der Waals surface area contributed by atoms with Gasteiger partial charge in [0, 0.05) is 28.6 Å². The Morgan fingerprint density at radius 2 is 1.80 bits per heavy atom. The first-order valence-corrected chi connectivity index (χ1v) is 4.97. The molecule has 1 heterocycles. The third-order valence-corrected chi connectivity index (χ3v) is 2.61. The molecular weight excluding hydrogens is 231 g/mol. The number of benzene rings is 1. The molecule has 0 aliphatic rings. The lowest BCUT2D eigenvalue weighted by Crippen LogP contribution is -1.86. The fourth-order valence-corrected chi connectivity index (χ4v) is 1.76. The Balaban J connectivity index is 2.59. The maximum atomic E-state index is 8.90. The molecule has 0 fully saturated rings. The monoisotopic (exact) mass is 236 g/mol. The van der Waals surface area contributed by atoms with Gasteiger partial charge in [-0.15, -0.1) is 0 Å². The van der Waals surface area contributed by atoms with Crippen LogP contribution in [0.2, 0.25) is 5.02 Å². The van der Waals surface area contributed by atoms with Gasteiger partial charge in [-0.05, 0) is 18.2 Å². The highest BCUT2D eigenvalue weighted by Crippen LogP contribution is 2.26. The predicted molar refractivity (Wildman–Crippen MR) is 60.8 cm³/mol. The number of nitriles is 1. The molecular formula is C11H6Cl2N2. The summed E-state index contributed by atoms with van der Waals surface area (Å²) in [7, 11) is 0. The number of hydrogen-bond acceptors (Lipinski definition) is 1. The van der Waals surface area contributed by atoms with E-state index in [2.05, 4.69) is 6.07 Å².